The second-order valence-electron chi connectivity index (χ2n) is 5.92. The number of halogens is 1. The van der Waals surface area contributed by atoms with Gasteiger partial charge in [0.05, 0.1) is 0 Å². The van der Waals surface area contributed by atoms with Crippen LogP contribution in [0.5, 0.6) is 0 Å². The maximum Gasteiger partial charge on any atom is 0.126 e. The number of hydrogen-bond donors (Lipinski definition) is 1. The largest absolute Gasteiger partial charge is 0.314 e. The monoisotopic (exact) mass is 278 g/mol. The van der Waals surface area contributed by atoms with E-state index in [4.69, 9.17) is 0 Å². The molecule has 1 saturated heterocycles. The van der Waals surface area contributed by atoms with Crippen molar-refractivity contribution in [2.24, 2.45) is 0 Å². The van der Waals surface area contributed by atoms with Crippen LogP contribution in [0.1, 0.15) is 50.3 Å². The Bertz CT molecular complexity index is 433. The number of aryl methyl sites for hydroxylation is 1. The average molecular weight is 278 g/mol. The van der Waals surface area contributed by atoms with Gasteiger partial charge in [0, 0.05) is 18.6 Å². The fourth-order valence-corrected chi connectivity index (χ4v) is 2.94. The van der Waals surface area contributed by atoms with Crippen LogP contribution in [0.15, 0.2) is 18.2 Å². The highest BCUT2D eigenvalue weighted by Gasteiger charge is 2.19. The van der Waals surface area contributed by atoms with Crippen LogP contribution in [0.25, 0.3) is 0 Å². The van der Waals surface area contributed by atoms with Crippen molar-refractivity contribution >= 4 is 0 Å². The summed E-state index contributed by atoms with van der Waals surface area (Å²) in [6.45, 7) is 9.51. The average Bonchev–Trinajstić information content (AvgIpc) is 2.41. The van der Waals surface area contributed by atoms with Crippen LogP contribution in [0.3, 0.4) is 0 Å². The molecule has 1 aromatic carbocycles. The Morgan fingerprint density at radius 3 is 2.90 bits per heavy atom. The van der Waals surface area contributed by atoms with Crippen molar-refractivity contribution < 1.29 is 4.39 Å². The van der Waals surface area contributed by atoms with Crippen molar-refractivity contribution in [3.63, 3.8) is 0 Å². The van der Waals surface area contributed by atoms with E-state index in [1.165, 1.54) is 12.8 Å². The van der Waals surface area contributed by atoms with E-state index in [0.717, 1.165) is 37.2 Å². The SMILES string of the molecule is CCC1CCN(C(C)c2ccc(C)c(F)c2)CCCN1. The van der Waals surface area contributed by atoms with Crippen molar-refractivity contribution in [1.82, 2.24) is 10.2 Å². The van der Waals surface area contributed by atoms with Crippen molar-refractivity contribution in [2.75, 3.05) is 19.6 Å². The zero-order valence-corrected chi connectivity index (χ0v) is 13.0. The predicted octanol–water partition coefficient (Wildman–Crippen LogP) is 3.66. The smallest absolute Gasteiger partial charge is 0.126 e. The molecule has 2 nitrogen and oxygen atoms in total. The minimum atomic E-state index is -0.0884. The highest BCUT2D eigenvalue weighted by molar-refractivity contribution is 5.25. The Balaban J connectivity index is 2.06. The first-order valence-corrected chi connectivity index (χ1v) is 7.85. The van der Waals surface area contributed by atoms with E-state index in [2.05, 4.69) is 30.1 Å². The van der Waals surface area contributed by atoms with E-state index in [1.54, 1.807) is 6.07 Å². The van der Waals surface area contributed by atoms with E-state index < -0.39 is 0 Å². The minimum absolute atomic E-state index is 0.0884. The van der Waals surface area contributed by atoms with Gasteiger partial charge in [-0.15, -0.1) is 0 Å². The van der Waals surface area contributed by atoms with Crippen LogP contribution in [-0.2, 0) is 0 Å². The van der Waals surface area contributed by atoms with Crippen molar-refractivity contribution in [3.8, 4) is 0 Å². The maximum atomic E-state index is 13.7. The highest BCUT2D eigenvalue weighted by Crippen LogP contribution is 2.23. The third kappa shape index (κ3) is 3.80. The third-order valence-electron chi connectivity index (χ3n) is 4.54. The van der Waals surface area contributed by atoms with Crippen molar-refractivity contribution in [1.29, 1.82) is 0 Å². The molecule has 0 bridgehead atoms. The first-order chi connectivity index (χ1) is 9.61. The molecule has 1 aliphatic heterocycles. The Morgan fingerprint density at radius 2 is 2.20 bits per heavy atom. The summed E-state index contributed by atoms with van der Waals surface area (Å²) in [5, 5.41) is 3.60. The Hall–Kier alpha value is -0.930. The lowest BCUT2D eigenvalue weighted by molar-refractivity contribution is 0.181. The van der Waals surface area contributed by atoms with E-state index in [1.807, 2.05) is 13.0 Å². The molecule has 1 heterocycles. The zero-order chi connectivity index (χ0) is 14.5. The van der Waals surface area contributed by atoms with E-state index >= 15 is 0 Å². The number of rotatable bonds is 3. The summed E-state index contributed by atoms with van der Waals surface area (Å²) in [4.78, 5) is 2.49. The molecular weight excluding hydrogens is 251 g/mol. The van der Waals surface area contributed by atoms with Crippen LogP contribution in [-0.4, -0.2) is 30.6 Å². The van der Waals surface area contributed by atoms with Gasteiger partial charge in [-0.1, -0.05) is 19.1 Å². The Morgan fingerprint density at radius 1 is 1.40 bits per heavy atom. The third-order valence-corrected chi connectivity index (χ3v) is 4.54. The topological polar surface area (TPSA) is 15.3 Å². The van der Waals surface area contributed by atoms with Crippen LogP contribution in [0.4, 0.5) is 4.39 Å². The van der Waals surface area contributed by atoms with Gasteiger partial charge in [0.2, 0.25) is 0 Å². The molecule has 1 aliphatic rings. The molecule has 1 N–H and O–H groups in total. The highest BCUT2D eigenvalue weighted by atomic mass is 19.1. The van der Waals surface area contributed by atoms with Gasteiger partial charge in [-0.25, -0.2) is 4.39 Å². The molecule has 112 valence electrons. The first kappa shape index (κ1) is 15.5. The summed E-state index contributed by atoms with van der Waals surface area (Å²) < 4.78 is 13.7. The lowest BCUT2D eigenvalue weighted by atomic mass is 10.0. The first-order valence-electron chi connectivity index (χ1n) is 7.85. The summed E-state index contributed by atoms with van der Waals surface area (Å²) in [6.07, 6.45) is 3.52. The second-order valence-corrected chi connectivity index (χ2v) is 5.92. The molecule has 2 atom stereocenters. The van der Waals surface area contributed by atoms with Crippen LogP contribution < -0.4 is 5.32 Å². The van der Waals surface area contributed by atoms with Gasteiger partial charge in [-0.3, -0.25) is 4.90 Å². The Labute approximate surface area is 122 Å². The number of benzene rings is 1. The van der Waals surface area contributed by atoms with Gasteiger partial charge in [0.1, 0.15) is 5.82 Å². The van der Waals surface area contributed by atoms with Gasteiger partial charge in [0.25, 0.3) is 0 Å². The summed E-state index contributed by atoms with van der Waals surface area (Å²) in [6, 6.07) is 6.58. The van der Waals surface area contributed by atoms with Crippen LogP contribution >= 0.6 is 0 Å². The number of nitrogens with one attached hydrogen (secondary N) is 1. The van der Waals surface area contributed by atoms with Crippen molar-refractivity contribution in [3.05, 3.63) is 35.1 Å². The van der Waals surface area contributed by atoms with E-state index in [0.29, 0.717) is 12.1 Å². The summed E-state index contributed by atoms with van der Waals surface area (Å²) >= 11 is 0. The van der Waals surface area contributed by atoms with Gasteiger partial charge in [0.15, 0.2) is 0 Å². The van der Waals surface area contributed by atoms with Gasteiger partial charge < -0.3 is 5.32 Å². The van der Waals surface area contributed by atoms with Gasteiger partial charge >= 0.3 is 0 Å². The molecule has 0 amide bonds. The molecule has 0 saturated carbocycles. The predicted molar refractivity (Wildman–Crippen MR) is 82.4 cm³/mol. The molecule has 1 fully saturated rings. The maximum absolute atomic E-state index is 13.7. The fourth-order valence-electron chi connectivity index (χ4n) is 2.94. The van der Waals surface area contributed by atoms with E-state index in [-0.39, 0.29) is 5.82 Å². The number of nitrogens with zero attached hydrogens (tertiary/aromatic N) is 1. The summed E-state index contributed by atoms with van der Waals surface area (Å²) in [5.74, 6) is -0.0884. The molecule has 0 aromatic heterocycles. The van der Waals surface area contributed by atoms with Gasteiger partial charge in [-0.2, -0.15) is 0 Å². The normalized spacial score (nSPS) is 23.1. The second kappa shape index (κ2) is 7.19. The zero-order valence-electron chi connectivity index (χ0n) is 13.0. The van der Waals surface area contributed by atoms with E-state index in [9.17, 15) is 4.39 Å². The standard InChI is InChI=1S/C17H27FN2/c1-4-16-8-11-20(10-5-9-19-16)14(3)15-7-6-13(2)17(18)12-15/h6-7,12,14,16,19H,4-5,8-11H2,1-3H3. The molecule has 2 unspecified atom stereocenters. The molecule has 0 spiro atoms. The fraction of sp³-hybridized carbons (Fsp3) is 0.647. The molecule has 1 aromatic rings. The number of hydrogen-bond acceptors (Lipinski definition) is 2. The van der Waals surface area contributed by atoms with Gasteiger partial charge in [-0.05, 0) is 63.4 Å². The molecular formula is C17H27FN2. The Kier molecular flexibility index (Phi) is 5.55. The van der Waals surface area contributed by atoms with Crippen LogP contribution in [0, 0.1) is 12.7 Å². The minimum Gasteiger partial charge on any atom is -0.314 e. The van der Waals surface area contributed by atoms with Crippen molar-refractivity contribution in [2.45, 2.75) is 52.1 Å². The quantitative estimate of drug-likeness (QED) is 0.907. The molecule has 0 radical (unpaired) electrons. The van der Waals surface area contributed by atoms with Crippen LogP contribution in [0.2, 0.25) is 0 Å². The molecule has 0 aliphatic carbocycles. The lowest BCUT2D eigenvalue weighted by Gasteiger charge is -2.33. The summed E-state index contributed by atoms with van der Waals surface area (Å²) in [5.41, 5.74) is 1.82. The molecule has 20 heavy (non-hydrogen) atoms. The summed E-state index contributed by atoms with van der Waals surface area (Å²) in [7, 11) is 0. The molecule has 3 heteroatoms. The molecule has 2 rings (SSSR count). The lowest BCUT2D eigenvalue weighted by Crippen LogP contribution is -2.40.